The molecule has 1 saturated carbocycles. The van der Waals surface area contributed by atoms with Crippen LogP contribution in [0.2, 0.25) is 0 Å². The number of benzene rings is 8. The summed E-state index contributed by atoms with van der Waals surface area (Å²) in [5.74, 6) is 0. The number of hydrogen-bond donors (Lipinski definition) is 1. The molecule has 1 saturated heterocycles. The maximum Gasteiger partial charge on any atom is 0.187 e. The first-order valence-electron chi connectivity index (χ1n) is 27.3. The third-order valence-corrected chi connectivity index (χ3v) is 14.2. The number of hydrogen-bond acceptors (Lipinski definition) is 11. The molecule has 0 bridgehead atoms. The monoisotopic (exact) mass is 1060 g/mol. The Hall–Kier alpha value is -6.68. The van der Waals surface area contributed by atoms with Crippen molar-refractivity contribution in [1.82, 2.24) is 0 Å². The van der Waals surface area contributed by atoms with Gasteiger partial charge < -0.3 is 52.5 Å². The highest BCUT2D eigenvalue weighted by Gasteiger charge is 2.57. The van der Waals surface area contributed by atoms with Crippen molar-refractivity contribution < 1.29 is 52.5 Å². The first kappa shape index (κ1) is 55.6. The zero-order valence-electron chi connectivity index (χ0n) is 44.3. The van der Waals surface area contributed by atoms with Crippen molar-refractivity contribution in [2.45, 2.75) is 120 Å². The SMILES string of the molecule is O[C@H]1[C@@H](O[C@H]2O[C@H](COCc3ccccc3)[C@@H](OCc3ccccc3)[C@H](OCc3ccccc3)[C@@H]2OCc2ccccc2)[C@H](OCc2ccccc2)[C@@H](OCc2ccccc2)[C@H](OCc2ccccc2)[C@H]1OCc1ccccc1. The first-order chi connectivity index (χ1) is 39.1. The molecule has 1 heterocycles. The lowest BCUT2D eigenvalue weighted by molar-refractivity contribution is -0.363. The van der Waals surface area contributed by atoms with E-state index in [0.717, 1.165) is 44.5 Å². The first-order valence-corrected chi connectivity index (χ1v) is 27.3. The Morgan fingerprint density at radius 2 is 0.506 bits per heavy atom. The predicted molar refractivity (Wildman–Crippen MR) is 301 cm³/mol. The summed E-state index contributed by atoms with van der Waals surface area (Å²) in [5.41, 5.74) is 7.60. The highest BCUT2D eigenvalue weighted by molar-refractivity contribution is 5.20. The molecule has 11 nitrogen and oxygen atoms in total. The lowest BCUT2D eigenvalue weighted by atomic mass is 9.83. The van der Waals surface area contributed by atoms with Crippen molar-refractivity contribution in [1.29, 1.82) is 0 Å². The minimum atomic E-state index is -1.37. The summed E-state index contributed by atoms with van der Waals surface area (Å²) in [6.45, 7) is 1.84. The van der Waals surface area contributed by atoms with Crippen molar-refractivity contribution in [3.63, 3.8) is 0 Å². The van der Waals surface area contributed by atoms with Crippen LogP contribution in [-0.2, 0) is 100 Å². The average Bonchev–Trinajstić information content (AvgIpc) is 3.65. The topological polar surface area (TPSA) is 113 Å². The number of aliphatic hydroxyl groups excluding tert-OH is 1. The maximum absolute atomic E-state index is 13.3. The van der Waals surface area contributed by atoms with Gasteiger partial charge in [-0.05, 0) is 44.5 Å². The molecule has 2 fully saturated rings. The number of ether oxygens (including phenoxy) is 10. The van der Waals surface area contributed by atoms with Gasteiger partial charge in [0.05, 0.1) is 59.5 Å². The van der Waals surface area contributed by atoms with Gasteiger partial charge in [-0.25, -0.2) is 0 Å². The molecule has 408 valence electrons. The van der Waals surface area contributed by atoms with E-state index in [0.29, 0.717) is 6.61 Å². The number of rotatable bonds is 27. The van der Waals surface area contributed by atoms with E-state index in [-0.39, 0.29) is 52.9 Å². The van der Waals surface area contributed by atoms with Crippen molar-refractivity contribution in [3.8, 4) is 0 Å². The fraction of sp³-hybridized carbons (Fsp3) is 0.294. The Bertz CT molecular complexity index is 2910. The summed E-state index contributed by atoms with van der Waals surface area (Å²) in [6.07, 6.45) is -10.7. The summed E-state index contributed by atoms with van der Waals surface area (Å²) < 4.78 is 70.7. The van der Waals surface area contributed by atoms with E-state index in [1.807, 2.05) is 243 Å². The van der Waals surface area contributed by atoms with Gasteiger partial charge in [-0.15, -0.1) is 0 Å². The van der Waals surface area contributed by atoms with Crippen molar-refractivity contribution >= 4 is 0 Å². The van der Waals surface area contributed by atoms with Gasteiger partial charge in [-0.1, -0.05) is 243 Å². The Morgan fingerprint density at radius 3 is 0.835 bits per heavy atom. The van der Waals surface area contributed by atoms with Crippen molar-refractivity contribution in [2.75, 3.05) is 6.61 Å². The van der Waals surface area contributed by atoms with E-state index in [1.165, 1.54) is 0 Å². The van der Waals surface area contributed by atoms with Crippen LogP contribution in [-0.4, -0.2) is 79.0 Å². The molecule has 11 atom stereocenters. The molecule has 0 spiro atoms. The molecule has 0 unspecified atom stereocenters. The minimum Gasteiger partial charge on any atom is -0.387 e. The normalized spacial score (nSPS) is 24.0. The van der Waals surface area contributed by atoms with Gasteiger partial charge in [0.15, 0.2) is 6.29 Å². The summed E-state index contributed by atoms with van der Waals surface area (Å²) >= 11 is 0. The fourth-order valence-electron chi connectivity index (χ4n) is 10.1. The van der Waals surface area contributed by atoms with E-state index < -0.39 is 67.3 Å². The molecular weight excluding hydrogens is 993 g/mol. The molecule has 1 aliphatic heterocycles. The van der Waals surface area contributed by atoms with Crippen LogP contribution in [0.4, 0.5) is 0 Å². The zero-order chi connectivity index (χ0) is 53.7. The Kier molecular flexibility index (Phi) is 20.8. The molecule has 0 aromatic heterocycles. The molecule has 79 heavy (non-hydrogen) atoms. The van der Waals surface area contributed by atoms with Gasteiger partial charge in [0.2, 0.25) is 0 Å². The fourth-order valence-corrected chi connectivity index (χ4v) is 10.1. The van der Waals surface area contributed by atoms with Gasteiger partial charge in [0, 0.05) is 0 Å². The van der Waals surface area contributed by atoms with E-state index in [9.17, 15) is 5.11 Å². The third kappa shape index (κ3) is 16.0. The van der Waals surface area contributed by atoms with Crippen LogP contribution in [0.5, 0.6) is 0 Å². The third-order valence-electron chi connectivity index (χ3n) is 14.2. The smallest absolute Gasteiger partial charge is 0.187 e. The molecule has 8 aromatic rings. The summed E-state index contributed by atoms with van der Waals surface area (Å²) in [5, 5.41) is 13.3. The average molecular weight is 1060 g/mol. The Labute approximate surface area is 464 Å². The standard InChI is InChI=1S/C68H70O11/c69-59-61(72-43-52-29-13-3-14-30-52)64(74-45-54-33-17-5-18-34-54)66(76-47-56-37-21-7-22-38-56)65(75-46-55-35-19-6-20-36-55)62(59)79-68-67(77-48-57-39-23-8-24-40-57)63(73-44-53-31-15-4-16-32-53)60(71-42-51-27-11-2-12-28-51)58(78-68)49-70-41-50-25-9-1-10-26-50/h1-40,58-69H,41-49H2/t58-,59-,60-,61+,62-,63+,64-,65+,66+,67+,68-/m1/s1. The summed E-state index contributed by atoms with van der Waals surface area (Å²) in [4.78, 5) is 0. The lowest BCUT2D eigenvalue weighted by Gasteiger charge is -2.51. The molecule has 1 aliphatic carbocycles. The zero-order valence-corrected chi connectivity index (χ0v) is 44.3. The van der Waals surface area contributed by atoms with Crippen LogP contribution in [0.3, 0.4) is 0 Å². The van der Waals surface area contributed by atoms with E-state index in [1.54, 1.807) is 0 Å². The van der Waals surface area contributed by atoms with Crippen LogP contribution >= 0.6 is 0 Å². The predicted octanol–water partition coefficient (Wildman–Crippen LogP) is 11.8. The van der Waals surface area contributed by atoms with Crippen LogP contribution in [0.15, 0.2) is 243 Å². The molecule has 0 amide bonds. The molecule has 1 N–H and O–H groups in total. The van der Waals surface area contributed by atoms with E-state index >= 15 is 0 Å². The second kappa shape index (κ2) is 29.5. The van der Waals surface area contributed by atoms with Crippen LogP contribution < -0.4 is 0 Å². The molecular formula is C68H70O11. The van der Waals surface area contributed by atoms with Crippen LogP contribution in [0, 0.1) is 0 Å². The van der Waals surface area contributed by atoms with Crippen molar-refractivity contribution in [2.24, 2.45) is 0 Å². The van der Waals surface area contributed by atoms with Gasteiger partial charge in [0.25, 0.3) is 0 Å². The maximum atomic E-state index is 13.3. The summed E-state index contributed by atoms with van der Waals surface area (Å²) in [7, 11) is 0. The molecule has 8 aromatic carbocycles. The van der Waals surface area contributed by atoms with E-state index in [2.05, 4.69) is 0 Å². The molecule has 0 radical (unpaired) electrons. The lowest BCUT2D eigenvalue weighted by Crippen LogP contribution is -2.69. The molecule has 2 aliphatic rings. The van der Waals surface area contributed by atoms with Gasteiger partial charge in [-0.2, -0.15) is 0 Å². The van der Waals surface area contributed by atoms with Gasteiger partial charge in [-0.3, -0.25) is 0 Å². The van der Waals surface area contributed by atoms with Gasteiger partial charge >= 0.3 is 0 Å². The highest BCUT2D eigenvalue weighted by atomic mass is 16.7. The highest BCUT2D eigenvalue weighted by Crippen LogP contribution is 2.39. The Morgan fingerprint density at radius 1 is 0.266 bits per heavy atom. The van der Waals surface area contributed by atoms with Crippen LogP contribution in [0.1, 0.15) is 44.5 Å². The second-order valence-electron chi connectivity index (χ2n) is 20.0. The molecule has 11 heteroatoms. The Balaban J connectivity index is 1.07. The van der Waals surface area contributed by atoms with Crippen LogP contribution in [0.25, 0.3) is 0 Å². The second-order valence-corrected chi connectivity index (χ2v) is 20.0. The largest absolute Gasteiger partial charge is 0.387 e. The summed E-state index contributed by atoms with van der Waals surface area (Å²) in [6, 6.07) is 79.8. The molecule has 10 rings (SSSR count). The van der Waals surface area contributed by atoms with Crippen molar-refractivity contribution in [3.05, 3.63) is 287 Å². The van der Waals surface area contributed by atoms with Gasteiger partial charge in [0.1, 0.15) is 61.0 Å². The minimum absolute atomic E-state index is 0.104. The quantitative estimate of drug-likeness (QED) is 0.0531. The number of aliphatic hydroxyl groups is 1. The van der Waals surface area contributed by atoms with E-state index in [4.69, 9.17) is 47.4 Å².